The normalized spacial score (nSPS) is 12.7. The van der Waals surface area contributed by atoms with Gasteiger partial charge in [-0.1, -0.05) is 18.2 Å². The lowest BCUT2D eigenvalue weighted by Gasteiger charge is -2.19. The van der Waals surface area contributed by atoms with Gasteiger partial charge in [0.1, 0.15) is 11.6 Å². The van der Waals surface area contributed by atoms with Crippen LogP contribution in [-0.4, -0.2) is 22.8 Å². The molecule has 1 unspecified atom stereocenters. The maximum Gasteiger partial charge on any atom is 0.191 e. The smallest absolute Gasteiger partial charge is 0.191 e. The highest BCUT2D eigenvalue weighted by atomic mass is 19.1. The van der Waals surface area contributed by atoms with Gasteiger partial charge in [0.25, 0.3) is 0 Å². The van der Waals surface area contributed by atoms with Crippen LogP contribution >= 0.6 is 0 Å². The van der Waals surface area contributed by atoms with Gasteiger partial charge < -0.3 is 10.6 Å². The maximum atomic E-state index is 13.9. The highest BCUT2D eigenvalue weighted by molar-refractivity contribution is 5.80. The van der Waals surface area contributed by atoms with E-state index in [4.69, 9.17) is 0 Å². The molecule has 3 aromatic rings. The topological polar surface area (TPSA) is 54.2 Å². The van der Waals surface area contributed by atoms with Crippen molar-refractivity contribution in [2.45, 2.75) is 19.5 Å². The van der Waals surface area contributed by atoms with Crippen LogP contribution in [0.15, 0.2) is 65.9 Å². The number of guanidine groups is 1. The van der Waals surface area contributed by atoms with Crippen molar-refractivity contribution in [1.82, 2.24) is 20.4 Å². The van der Waals surface area contributed by atoms with Crippen LogP contribution in [0.25, 0.3) is 5.69 Å². The predicted octanol–water partition coefficient (Wildman–Crippen LogP) is 3.58. The molecular weight excluding hydrogens is 348 g/mol. The van der Waals surface area contributed by atoms with Crippen LogP contribution in [0.4, 0.5) is 8.78 Å². The minimum Gasteiger partial charge on any atom is -0.352 e. The molecule has 3 rings (SSSR count). The fourth-order valence-corrected chi connectivity index (χ4v) is 2.75. The molecule has 0 bridgehead atoms. The van der Waals surface area contributed by atoms with Crippen molar-refractivity contribution in [2.75, 3.05) is 7.05 Å². The monoisotopic (exact) mass is 369 g/mol. The Morgan fingerprint density at radius 2 is 2.04 bits per heavy atom. The van der Waals surface area contributed by atoms with Gasteiger partial charge in [0.05, 0.1) is 11.7 Å². The van der Waals surface area contributed by atoms with Gasteiger partial charge in [0.15, 0.2) is 5.96 Å². The zero-order valence-electron chi connectivity index (χ0n) is 15.2. The first-order chi connectivity index (χ1) is 13.1. The highest BCUT2D eigenvalue weighted by Crippen LogP contribution is 2.17. The number of aliphatic imine (C=N–C) groups is 1. The minimum atomic E-state index is -0.594. The van der Waals surface area contributed by atoms with E-state index in [0.29, 0.717) is 18.1 Å². The molecule has 0 fully saturated rings. The summed E-state index contributed by atoms with van der Waals surface area (Å²) in [5.41, 5.74) is 2.38. The lowest BCUT2D eigenvalue weighted by atomic mass is 10.1. The third kappa shape index (κ3) is 4.69. The second kappa shape index (κ2) is 8.44. The van der Waals surface area contributed by atoms with Gasteiger partial charge in [0.2, 0.25) is 0 Å². The summed E-state index contributed by atoms with van der Waals surface area (Å²) in [6, 6.07) is 13.0. The van der Waals surface area contributed by atoms with Crippen molar-refractivity contribution >= 4 is 5.96 Å². The molecule has 27 heavy (non-hydrogen) atoms. The first kappa shape index (κ1) is 18.6. The van der Waals surface area contributed by atoms with Crippen LogP contribution in [-0.2, 0) is 6.54 Å². The van der Waals surface area contributed by atoms with Gasteiger partial charge in [-0.05, 0) is 36.8 Å². The van der Waals surface area contributed by atoms with Crippen molar-refractivity contribution in [3.63, 3.8) is 0 Å². The van der Waals surface area contributed by atoms with Gasteiger partial charge >= 0.3 is 0 Å². The average Bonchev–Trinajstić information content (AvgIpc) is 3.20. The van der Waals surface area contributed by atoms with Gasteiger partial charge in [0, 0.05) is 37.6 Å². The Morgan fingerprint density at radius 3 is 2.74 bits per heavy atom. The van der Waals surface area contributed by atoms with E-state index in [2.05, 4.69) is 20.7 Å². The highest BCUT2D eigenvalue weighted by Gasteiger charge is 2.13. The van der Waals surface area contributed by atoms with Gasteiger partial charge in [-0.15, -0.1) is 0 Å². The Kier molecular flexibility index (Phi) is 5.80. The first-order valence-corrected chi connectivity index (χ1v) is 8.58. The summed E-state index contributed by atoms with van der Waals surface area (Å²) in [6.45, 7) is 2.33. The van der Waals surface area contributed by atoms with E-state index >= 15 is 0 Å². The minimum absolute atomic E-state index is 0.368. The molecule has 0 radical (unpaired) electrons. The maximum absolute atomic E-state index is 13.9. The molecule has 0 aliphatic heterocycles. The summed E-state index contributed by atoms with van der Waals surface area (Å²) < 4.78 is 28.8. The number of nitrogens with zero attached hydrogens (tertiary/aromatic N) is 3. The third-order valence-electron chi connectivity index (χ3n) is 4.15. The Hall–Kier alpha value is -3.22. The fourth-order valence-electron chi connectivity index (χ4n) is 2.75. The molecule has 7 heteroatoms. The van der Waals surface area contributed by atoms with Crippen LogP contribution in [0.1, 0.15) is 24.1 Å². The van der Waals surface area contributed by atoms with E-state index < -0.39 is 11.6 Å². The Morgan fingerprint density at radius 1 is 1.19 bits per heavy atom. The van der Waals surface area contributed by atoms with Crippen LogP contribution in [0.2, 0.25) is 0 Å². The van der Waals surface area contributed by atoms with E-state index in [1.807, 2.05) is 36.5 Å². The van der Waals surface area contributed by atoms with Crippen molar-refractivity contribution in [1.29, 1.82) is 0 Å². The van der Waals surface area contributed by atoms with Crippen LogP contribution < -0.4 is 10.6 Å². The molecule has 0 saturated heterocycles. The molecule has 0 aliphatic rings. The van der Waals surface area contributed by atoms with Crippen molar-refractivity contribution in [2.24, 2.45) is 4.99 Å². The van der Waals surface area contributed by atoms with Crippen molar-refractivity contribution in [3.8, 4) is 5.69 Å². The van der Waals surface area contributed by atoms with Crippen LogP contribution in [0.3, 0.4) is 0 Å². The van der Waals surface area contributed by atoms with Crippen molar-refractivity contribution in [3.05, 3.63) is 83.7 Å². The second-order valence-electron chi connectivity index (χ2n) is 6.08. The molecule has 0 amide bonds. The summed E-state index contributed by atoms with van der Waals surface area (Å²) >= 11 is 0. The summed E-state index contributed by atoms with van der Waals surface area (Å²) in [6.07, 6.45) is 3.61. The number of halogens is 2. The standard InChI is InChI=1S/C20H21F2N5/c1-14(18-8-7-16(21)12-19(18)22)26-20(23-2)24-13-15-5-3-6-17(11-15)27-10-4-9-25-27/h3-12,14H,13H2,1-2H3,(H2,23,24,26). The fraction of sp³-hybridized carbons (Fsp3) is 0.200. The second-order valence-corrected chi connectivity index (χ2v) is 6.08. The lowest BCUT2D eigenvalue weighted by molar-refractivity contribution is 0.550. The summed E-state index contributed by atoms with van der Waals surface area (Å²) in [5.74, 6) is -0.656. The number of nitrogens with one attached hydrogen (secondary N) is 2. The number of rotatable bonds is 5. The molecule has 2 aromatic carbocycles. The molecule has 0 spiro atoms. The van der Waals surface area contributed by atoms with Gasteiger partial charge in [-0.25, -0.2) is 13.5 Å². The van der Waals surface area contributed by atoms with Gasteiger partial charge in [-0.2, -0.15) is 5.10 Å². The third-order valence-corrected chi connectivity index (χ3v) is 4.15. The Labute approximate surface area is 156 Å². The number of hydrogen-bond donors (Lipinski definition) is 2. The van der Waals surface area contributed by atoms with E-state index in [-0.39, 0.29) is 6.04 Å². The predicted molar refractivity (Wildman–Crippen MR) is 102 cm³/mol. The SMILES string of the molecule is CN=C(NCc1cccc(-n2cccn2)c1)NC(C)c1ccc(F)cc1F. The van der Waals surface area contributed by atoms with Gasteiger partial charge in [-0.3, -0.25) is 4.99 Å². The largest absolute Gasteiger partial charge is 0.352 e. The summed E-state index contributed by atoms with van der Waals surface area (Å²) in [4.78, 5) is 4.17. The molecule has 1 aromatic heterocycles. The van der Waals surface area contributed by atoms with E-state index in [9.17, 15) is 8.78 Å². The van der Waals surface area contributed by atoms with Crippen LogP contribution in [0, 0.1) is 11.6 Å². The quantitative estimate of drug-likeness (QED) is 0.534. The van der Waals surface area contributed by atoms with E-state index in [1.54, 1.807) is 24.9 Å². The molecule has 2 N–H and O–H groups in total. The van der Waals surface area contributed by atoms with Crippen LogP contribution in [0.5, 0.6) is 0 Å². The number of benzene rings is 2. The van der Waals surface area contributed by atoms with E-state index in [0.717, 1.165) is 17.3 Å². The first-order valence-electron chi connectivity index (χ1n) is 8.58. The molecule has 0 saturated carbocycles. The van der Waals surface area contributed by atoms with E-state index in [1.165, 1.54) is 12.1 Å². The Bertz CT molecular complexity index is 922. The zero-order valence-corrected chi connectivity index (χ0v) is 15.2. The molecule has 140 valence electrons. The number of aromatic nitrogens is 2. The van der Waals surface area contributed by atoms with Crippen molar-refractivity contribution < 1.29 is 8.78 Å². The molecule has 5 nitrogen and oxygen atoms in total. The average molecular weight is 369 g/mol. The number of hydrogen-bond acceptors (Lipinski definition) is 2. The molecular formula is C20H21F2N5. The lowest BCUT2D eigenvalue weighted by Crippen LogP contribution is -2.38. The molecule has 0 aliphatic carbocycles. The zero-order chi connectivity index (χ0) is 19.2. The summed E-state index contributed by atoms with van der Waals surface area (Å²) in [5, 5.41) is 10.5. The molecule has 1 heterocycles. The Balaban J connectivity index is 1.63. The summed E-state index contributed by atoms with van der Waals surface area (Å²) in [7, 11) is 1.64. The molecule has 1 atom stereocenters.